The average molecular weight is 362 g/mol. The van der Waals surface area contributed by atoms with Crippen LogP contribution in [0, 0.1) is 5.92 Å². The van der Waals surface area contributed by atoms with Crippen LogP contribution in [-0.4, -0.2) is 22.8 Å². The second kappa shape index (κ2) is 8.67. The Hall–Kier alpha value is -2.88. The summed E-state index contributed by atoms with van der Waals surface area (Å²) in [5.74, 6) is 0.547. The Labute approximate surface area is 160 Å². The molecule has 0 spiro atoms. The second-order valence-corrected chi connectivity index (χ2v) is 7.17. The van der Waals surface area contributed by atoms with Gasteiger partial charge in [0, 0.05) is 31.3 Å². The molecule has 2 amide bonds. The Morgan fingerprint density at radius 2 is 1.78 bits per heavy atom. The maximum Gasteiger partial charge on any atom is 0.247 e. The summed E-state index contributed by atoms with van der Waals surface area (Å²) in [4.78, 5) is 25.9. The van der Waals surface area contributed by atoms with Gasteiger partial charge in [0.25, 0.3) is 0 Å². The van der Waals surface area contributed by atoms with E-state index in [1.165, 1.54) is 19.8 Å². The first-order valence-electron chi connectivity index (χ1n) is 9.43. The van der Waals surface area contributed by atoms with E-state index in [1.54, 1.807) is 6.08 Å². The van der Waals surface area contributed by atoms with Gasteiger partial charge in [0.15, 0.2) is 0 Å². The van der Waals surface area contributed by atoms with Crippen LogP contribution in [0.25, 0.3) is 6.08 Å². The van der Waals surface area contributed by atoms with Crippen LogP contribution in [0.2, 0.25) is 0 Å². The predicted octanol–water partition coefficient (Wildman–Crippen LogP) is 4.49. The van der Waals surface area contributed by atoms with Gasteiger partial charge in [-0.1, -0.05) is 42.5 Å². The number of hydrogen-bond acceptors (Lipinski definition) is 2. The molecule has 1 aliphatic rings. The quantitative estimate of drug-likeness (QED) is 0.738. The van der Waals surface area contributed by atoms with Crippen LogP contribution in [0.4, 0.5) is 5.69 Å². The van der Waals surface area contributed by atoms with Crippen LogP contribution in [0.15, 0.2) is 60.7 Å². The summed E-state index contributed by atoms with van der Waals surface area (Å²) in [5.41, 5.74) is 2.82. The first-order chi connectivity index (χ1) is 13.0. The molecule has 1 aliphatic carbocycles. The summed E-state index contributed by atoms with van der Waals surface area (Å²) in [6, 6.07) is 17.8. The second-order valence-electron chi connectivity index (χ2n) is 7.17. The standard InChI is InChI=1S/C23H26N2O2/c1-17(21-11-12-21)25(16-20-6-4-3-5-7-20)23(27)15-10-19-8-13-22(14-9-19)24-18(2)26/h3-10,13-15,17,21H,11-12,16H2,1-2H3,(H,24,26)/b15-10+. The Bertz CT molecular complexity index is 808. The molecule has 1 unspecified atom stereocenters. The minimum atomic E-state index is -0.0981. The van der Waals surface area contributed by atoms with Crippen molar-refractivity contribution in [3.05, 3.63) is 71.8 Å². The van der Waals surface area contributed by atoms with Gasteiger partial charge in [0.05, 0.1) is 0 Å². The summed E-state index contributed by atoms with van der Waals surface area (Å²) >= 11 is 0. The topological polar surface area (TPSA) is 49.4 Å². The van der Waals surface area contributed by atoms with Gasteiger partial charge in [0.2, 0.25) is 11.8 Å². The molecular formula is C23H26N2O2. The zero-order valence-electron chi connectivity index (χ0n) is 15.9. The van der Waals surface area contributed by atoms with Crippen molar-refractivity contribution in [1.29, 1.82) is 0 Å². The Morgan fingerprint density at radius 3 is 2.37 bits per heavy atom. The molecule has 0 saturated heterocycles. The molecule has 4 heteroatoms. The Kier molecular flexibility index (Phi) is 6.07. The zero-order valence-corrected chi connectivity index (χ0v) is 15.9. The van der Waals surface area contributed by atoms with Gasteiger partial charge < -0.3 is 10.2 Å². The highest BCUT2D eigenvalue weighted by atomic mass is 16.2. The van der Waals surface area contributed by atoms with Gasteiger partial charge in [-0.05, 0) is 55.0 Å². The first-order valence-corrected chi connectivity index (χ1v) is 9.43. The lowest BCUT2D eigenvalue weighted by atomic mass is 10.1. The van der Waals surface area contributed by atoms with Crippen molar-refractivity contribution in [3.8, 4) is 0 Å². The van der Waals surface area contributed by atoms with Crippen molar-refractivity contribution >= 4 is 23.6 Å². The van der Waals surface area contributed by atoms with Gasteiger partial charge in [-0.15, -0.1) is 0 Å². The molecule has 0 aliphatic heterocycles. The summed E-state index contributed by atoms with van der Waals surface area (Å²) < 4.78 is 0. The highest BCUT2D eigenvalue weighted by Gasteiger charge is 2.33. The molecule has 1 N–H and O–H groups in total. The maximum absolute atomic E-state index is 12.9. The predicted molar refractivity (Wildman–Crippen MR) is 109 cm³/mol. The lowest BCUT2D eigenvalue weighted by Crippen LogP contribution is -2.38. The monoisotopic (exact) mass is 362 g/mol. The molecule has 0 heterocycles. The minimum Gasteiger partial charge on any atom is -0.332 e. The van der Waals surface area contributed by atoms with Crippen molar-refractivity contribution in [2.45, 2.75) is 39.3 Å². The van der Waals surface area contributed by atoms with E-state index in [4.69, 9.17) is 0 Å². The fraction of sp³-hybridized carbons (Fsp3) is 0.304. The highest BCUT2D eigenvalue weighted by molar-refractivity contribution is 5.92. The van der Waals surface area contributed by atoms with Gasteiger partial charge in [0.1, 0.15) is 0 Å². The molecule has 1 fully saturated rings. The summed E-state index contributed by atoms with van der Waals surface area (Å²) in [5, 5.41) is 2.74. The van der Waals surface area contributed by atoms with Crippen LogP contribution >= 0.6 is 0 Å². The molecule has 3 rings (SSSR count). The average Bonchev–Trinajstić information content (AvgIpc) is 3.50. The van der Waals surface area contributed by atoms with Crippen LogP contribution in [0.1, 0.15) is 37.8 Å². The SMILES string of the molecule is CC(=O)Nc1ccc(/C=C/C(=O)N(Cc2ccccc2)C(C)C2CC2)cc1. The smallest absolute Gasteiger partial charge is 0.247 e. The molecule has 2 aromatic rings. The van der Waals surface area contributed by atoms with E-state index in [9.17, 15) is 9.59 Å². The highest BCUT2D eigenvalue weighted by Crippen LogP contribution is 2.35. The Balaban J connectivity index is 1.69. The van der Waals surface area contributed by atoms with Crippen molar-refractivity contribution in [2.75, 3.05) is 5.32 Å². The number of rotatable bonds is 7. The summed E-state index contributed by atoms with van der Waals surface area (Å²) in [6.07, 6.45) is 5.88. The van der Waals surface area contributed by atoms with Crippen molar-refractivity contribution in [2.24, 2.45) is 5.92 Å². The van der Waals surface area contributed by atoms with E-state index in [1.807, 2.05) is 53.4 Å². The summed E-state index contributed by atoms with van der Waals surface area (Å²) in [7, 11) is 0. The molecule has 0 radical (unpaired) electrons. The lowest BCUT2D eigenvalue weighted by molar-refractivity contribution is -0.129. The third kappa shape index (κ3) is 5.55. The first kappa shape index (κ1) is 18.9. The number of carbonyl (C=O) groups is 2. The molecule has 1 atom stereocenters. The van der Waals surface area contributed by atoms with Gasteiger partial charge in [-0.2, -0.15) is 0 Å². The number of benzene rings is 2. The van der Waals surface area contributed by atoms with E-state index in [-0.39, 0.29) is 17.9 Å². The number of nitrogens with zero attached hydrogens (tertiary/aromatic N) is 1. The number of carbonyl (C=O) groups excluding carboxylic acids is 2. The van der Waals surface area contributed by atoms with Gasteiger partial charge in [-0.3, -0.25) is 9.59 Å². The Morgan fingerprint density at radius 1 is 1.11 bits per heavy atom. The third-order valence-electron chi connectivity index (χ3n) is 4.92. The van der Waals surface area contributed by atoms with Crippen LogP contribution in [0.3, 0.4) is 0 Å². The normalized spacial score (nSPS) is 14.7. The van der Waals surface area contributed by atoms with E-state index in [0.29, 0.717) is 12.5 Å². The van der Waals surface area contributed by atoms with Gasteiger partial charge >= 0.3 is 0 Å². The van der Waals surface area contributed by atoms with E-state index >= 15 is 0 Å². The molecular weight excluding hydrogens is 336 g/mol. The van der Waals surface area contributed by atoms with Gasteiger partial charge in [-0.25, -0.2) is 0 Å². The van der Waals surface area contributed by atoms with Crippen LogP contribution in [0.5, 0.6) is 0 Å². The van der Waals surface area contributed by atoms with Crippen molar-refractivity contribution in [3.63, 3.8) is 0 Å². The van der Waals surface area contributed by atoms with Crippen molar-refractivity contribution < 1.29 is 9.59 Å². The largest absolute Gasteiger partial charge is 0.332 e. The van der Waals surface area contributed by atoms with Crippen LogP contribution in [-0.2, 0) is 16.1 Å². The summed E-state index contributed by atoms with van der Waals surface area (Å²) in [6.45, 7) is 4.26. The minimum absolute atomic E-state index is 0.0317. The number of anilines is 1. The lowest BCUT2D eigenvalue weighted by Gasteiger charge is -2.28. The maximum atomic E-state index is 12.9. The van der Waals surface area contributed by atoms with E-state index in [2.05, 4.69) is 24.4 Å². The fourth-order valence-electron chi connectivity index (χ4n) is 3.18. The van der Waals surface area contributed by atoms with Crippen LogP contribution < -0.4 is 5.32 Å². The van der Waals surface area contributed by atoms with E-state index < -0.39 is 0 Å². The molecule has 140 valence electrons. The zero-order chi connectivity index (χ0) is 19.2. The number of hydrogen-bond donors (Lipinski definition) is 1. The van der Waals surface area contributed by atoms with E-state index in [0.717, 1.165) is 16.8 Å². The molecule has 2 aromatic carbocycles. The molecule has 27 heavy (non-hydrogen) atoms. The third-order valence-corrected chi connectivity index (χ3v) is 4.92. The molecule has 0 aromatic heterocycles. The van der Waals surface area contributed by atoms with Crippen molar-refractivity contribution in [1.82, 2.24) is 4.90 Å². The molecule has 4 nitrogen and oxygen atoms in total. The molecule has 1 saturated carbocycles. The fourth-order valence-corrected chi connectivity index (χ4v) is 3.18. The number of nitrogens with one attached hydrogen (secondary N) is 1. The molecule has 0 bridgehead atoms. The number of amides is 2.